The number of ether oxygens (including phenoxy) is 1. The maximum atomic E-state index is 12.0. The van der Waals surface area contributed by atoms with Crippen LogP contribution in [-0.4, -0.2) is 41.1 Å². The molecule has 5 heteroatoms. The first-order valence-electron chi connectivity index (χ1n) is 6.77. The molecular weight excluding hydrogens is 258 g/mol. The number of carbonyl (C=O) groups is 2. The van der Waals surface area contributed by atoms with E-state index < -0.39 is 5.97 Å². The van der Waals surface area contributed by atoms with Crippen LogP contribution < -0.4 is 4.74 Å². The van der Waals surface area contributed by atoms with Gasteiger partial charge in [-0.15, -0.1) is 0 Å². The standard InChI is InChI=1S/C15H19NO4/c1-11-3-2-4-13(9-11)20-8-7-14(17)16(10-15(18)19)12-5-6-12/h2-4,9,12H,5-8,10H2,1H3,(H,18,19). The molecular formula is C15H19NO4. The van der Waals surface area contributed by atoms with Crippen molar-refractivity contribution in [1.82, 2.24) is 4.90 Å². The second-order valence-corrected chi connectivity index (χ2v) is 5.06. The summed E-state index contributed by atoms with van der Waals surface area (Å²) in [7, 11) is 0. The van der Waals surface area contributed by atoms with Gasteiger partial charge in [0.15, 0.2) is 0 Å². The topological polar surface area (TPSA) is 66.8 Å². The highest BCUT2D eigenvalue weighted by molar-refractivity contribution is 5.82. The number of aliphatic carboxylic acids is 1. The predicted molar refractivity (Wildman–Crippen MR) is 73.7 cm³/mol. The van der Waals surface area contributed by atoms with E-state index in [1.54, 1.807) is 0 Å². The number of benzene rings is 1. The lowest BCUT2D eigenvalue weighted by Crippen LogP contribution is -2.38. The number of hydrogen-bond acceptors (Lipinski definition) is 3. The van der Waals surface area contributed by atoms with Crippen LogP contribution in [0.1, 0.15) is 24.8 Å². The minimum absolute atomic E-state index is 0.109. The van der Waals surface area contributed by atoms with Crippen molar-refractivity contribution in [2.75, 3.05) is 13.2 Å². The van der Waals surface area contributed by atoms with Crippen molar-refractivity contribution in [3.05, 3.63) is 29.8 Å². The first kappa shape index (κ1) is 14.4. The van der Waals surface area contributed by atoms with Crippen LogP contribution in [-0.2, 0) is 9.59 Å². The van der Waals surface area contributed by atoms with Gasteiger partial charge in [0.2, 0.25) is 5.91 Å². The zero-order valence-electron chi connectivity index (χ0n) is 11.5. The summed E-state index contributed by atoms with van der Waals surface area (Å²) in [5.41, 5.74) is 1.10. The molecule has 1 amide bonds. The summed E-state index contributed by atoms with van der Waals surface area (Å²) in [4.78, 5) is 24.2. The van der Waals surface area contributed by atoms with Gasteiger partial charge in [0.1, 0.15) is 12.3 Å². The molecule has 0 bridgehead atoms. The molecule has 1 aliphatic carbocycles. The summed E-state index contributed by atoms with van der Waals surface area (Å²) in [5, 5.41) is 8.82. The Hall–Kier alpha value is -2.04. The van der Waals surface area contributed by atoms with Gasteiger partial charge in [0.25, 0.3) is 0 Å². The third-order valence-corrected chi connectivity index (χ3v) is 3.19. The molecule has 0 heterocycles. The minimum Gasteiger partial charge on any atom is -0.493 e. The number of nitrogens with zero attached hydrogens (tertiary/aromatic N) is 1. The van der Waals surface area contributed by atoms with Gasteiger partial charge in [-0.2, -0.15) is 0 Å². The largest absolute Gasteiger partial charge is 0.493 e. The average molecular weight is 277 g/mol. The monoisotopic (exact) mass is 277 g/mol. The van der Waals surface area contributed by atoms with Gasteiger partial charge in [-0.3, -0.25) is 9.59 Å². The Morgan fingerprint density at radius 3 is 2.75 bits per heavy atom. The Bertz CT molecular complexity index is 496. The normalized spacial score (nSPS) is 13.8. The van der Waals surface area contributed by atoms with E-state index in [2.05, 4.69) is 0 Å². The maximum Gasteiger partial charge on any atom is 0.323 e. The van der Waals surface area contributed by atoms with Crippen LogP contribution in [0.15, 0.2) is 24.3 Å². The molecule has 0 saturated heterocycles. The quantitative estimate of drug-likeness (QED) is 0.825. The number of amides is 1. The molecule has 1 aromatic carbocycles. The van der Waals surface area contributed by atoms with Crippen LogP contribution in [0.3, 0.4) is 0 Å². The second kappa shape index (κ2) is 6.41. The fourth-order valence-corrected chi connectivity index (χ4v) is 2.06. The number of hydrogen-bond donors (Lipinski definition) is 1. The van der Waals surface area contributed by atoms with E-state index in [0.717, 1.165) is 24.2 Å². The minimum atomic E-state index is -0.968. The summed E-state index contributed by atoms with van der Waals surface area (Å²) in [6, 6.07) is 7.72. The molecule has 1 aromatic rings. The van der Waals surface area contributed by atoms with Crippen molar-refractivity contribution in [3.63, 3.8) is 0 Å². The predicted octanol–water partition coefficient (Wildman–Crippen LogP) is 1.84. The van der Waals surface area contributed by atoms with Crippen LogP contribution in [0.25, 0.3) is 0 Å². The fourth-order valence-electron chi connectivity index (χ4n) is 2.06. The molecule has 20 heavy (non-hydrogen) atoms. The van der Waals surface area contributed by atoms with Crippen molar-refractivity contribution in [3.8, 4) is 5.75 Å². The first-order valence-corrected chi connectivity index (χ1v) is 6.77. The van der Waals surface area contributed by atoms with Crippen LogP contribution in [0, 0.1) is 6.92 Å². The molecule has 108 valence electrons. The van der Waals surface area contributed by atoms with Gasteiger partial charge < -0.3 is 14.7 Å². The summed E-state index contributed by atoms with van der Waals surface area (Å²) in [6.45, 7) is 2.03. The van der Waals surface area contributed by atoms with Gasteiger partial charge in [-0.05, 0) is 37.5 Å². The molecule has 1 saturated carbocycles. The summed E-state index contributed by atoms with van der Waals surface area (Å²) < 4.78 is 5.52. The van der Waals surface area contributed by atoms with Gasteiger partial charge >= 0.3 is 5.97 Å². The second-order valence-electron chi connectivity index (χ2n) is 5.06. The number of aryl methyl sites for hydroxylation is 1. The van der Waals surface area contributed by atoms with Crippen molar-refractivity contribution < 1.29 is 19.4 Å². The number of carbonyl (C=O) groups excluding carboxylic acids is 1. The van der Waals surface area contributed by atoms with E-state index in [0.29, 0.717) is 0 Å². The van der Waals surface area contributed by atoms with Crippen molar-refractivity contribution in [1.29, 1.82) is 0 Å². The van der Waals surface area contributed by atoms with Crippen LogP contribution >= 0.6 is 0 Å². The fraction of sp³-hybridized carbons (Fsp3) is 0.467. The maximum absolute atomic E-state index is 12.0. The molecule has 2 rings (SSSR count). The average Bonchev–Trinajstić information content (AvgIpc) is 3.20. The smallest absolute Gasteiger partial charge is 0.323 e. The molecule has 0 atom stereocenters. The molecule has 0 radical (unpaired) electrons. The lowest BCUT2D eigenvalue weighted by molar-refractivity contribution is -0.145. The SMILES string of the molecule is Cc1cccc(OCCC(=O)N(CC(=O)O)C2CC2)c1. The van der Waals surface area contributed by atoms with Crippen molar-refractivity contribution in [2.45, 2.75) is 32.2 Å². The van der Waals surface area contributed by atoms with E-state index in [9.17, 15) is 9.59 Å². The Balaban J connectivity index is 1.80. The highest BCUT2D eigenvalue weighted by Crippen LogP contribution is 2.27. The van der Waals surface area contributed by atoms with Gasteiger partial charge in [-0.1, -0.05) is 12.1 Å². The molecule has 0 unspecified atom stereocenters. The number of carboxylic acid groups (broad SMARTS) is 1. The number of rotatable bonds is 7. The van der Waals surface area contributed by atoms with Crippen LogP contribution in [0.4, 0.5) is 0 Å². The lowest BCUT2D eigenvalue weighted by atomic mass is 10.2. The molecule has 0 aliphatic heterocycles. The molecule has 0 spiro atoms. The summed E-state index contributed by atoms with van der Waals surface area (Å²) >= 11 is 0. The van der Waals surface area contributed by atoms with E-state index >= 15 is 0 Å². The van der Waals surface area contributed by atoms with E-state index in [-0.39, 0.29) is 31.5 Å². The Labute approximate surface area is 118 Å². The third kappa shape index (κ3) is 4.26. The molecule has 1 fully saturated rings. The van der Waals surface area contributed by atoms with Crippen molar-refractivity contribution >= 4 is 11.9 Å². The highest BCUT2D eigenvalue weighted by Gasteiger charge is 2.33. The van der Waals surface area contributed by atoms with Gasteiger partial charge in [0.05, 0.1) is 13.0 Å². The third-order valence-electron chi connectivity index (χ3n) is 3.19. The lowest BCUT2D eigenvalue weighted by Gasteiger charge is -2.20. The van der Waals surface area contributed by atoms with Crippen molar-refractivity contribution in [2.24, 2.45) is 0 Å². The van der Waals surface area contributed by atoms with Gasteiger partial charge in [0, 0.05) is 6.04 Å². The van der Waals surface area contributed by atoms with E-state index in [1.807, 2.05) is 31.2 Å². The molecule has 0 aromatic heterocycles. The Kier molecular flexibility index (Phi) is 4.61. The van der Waals surface area contributed by atoms with E-state index in [1.165, 1.54) is 4.90 Å². The summed E-state index contributed by atoms with van der Waals surface area (Å²) in [5.74, 6) is -0.388. The van der Waals surface area contributed by atoms with E-state index in [4.69, 9.17) is 9.84 Å². The van der Waals surface area contributed by atoms with Gasteiger partial charge in [-0.25, -0.2) is 0 Å². The first-order chi connectivity index (χ1) is 9.56. The Morgan fingerprint density at radius 1 is 1.40 bits per heavy atom. The van der Waals surface area contributed by atoms with Crippen LogP contribution in [0.5, 0.6) is 5.75 Å². The summed E-state index contributed by atoms with van der Waals surface area (Å²) in [6.07, 6.45) is 2.01. The molecule has 5 nitrogen and oxygen atoms in total. The highest BCUT2D eigenvalue weighted by atomic mass is 16.5. The Morgan fingerprint density at radius 2 is 2.15 bits per heavy atom. The number of carboxylic acids is 1. The molecule has 1 N–H and O–H groups in total. The van der Waals surface area contributed by atoms with Crippen LogP contribution in [0.2, 0.25) is 0 Å². The molecule has 1 aliphatic rings. The zero-order valence-corrected chi connectivity index (χ0v) is 11.5. The zero-order chi connectivity index (χ0) is 14.5.